The van der Waals surface area contributed by atoms with Crippen molar-refractivity contribution in [3.63, 3.8) is 0 Å². The zero-order valence-electron chi connectivity index (χ0n) is 15.6. The summed E-state index contributed by atoms with van der Waals surface area (Å²) in [5, 5.41) is 4.87. The van der Waals surface area contributed by atoms with Crippen LogP contribution in [0.15, 0.2) is 35.7 Å². The van der Waals surface area contributed by atoms with Gasteiger partial charge >= 0.3 is 5.97 Å². The van der Waals surface area contributed by atoms with Gasteiger partial charge in [-0.2, -0.15) is 0 Å². The average molecular weight is 388 g/mol. The first-order valence-electron chi connectivity index (χ1n) is 8.93. The lowest BCUT2D eigenvalue weighted by Crippen LogP contribution is -2.09. The second kappa shape index (κ2) is 11.1. The zero-order valence-corrected chi connectivity index (χ0v) is 16.4. The molecule has 0 bridgehead atoms. The van der Waals surface area contributed by atoms with E-state index < -0.39 is 0 Å². The van der Waals surface area contributed by atoms with Crippen LogP contribution in [0.4, 0.5) is 5.13 Å². The predicted octanol–water partition coefficient (Wildman–Crippen LogP) is 4.08. The van der Waals surface area contributed by atoms with Crippen LogP contribution in [0.5, 0.6) is 5.75 Å². The number of ether oxygens (including phenoxy) is 2. The largest absolute Gasteiger partial charge is 0.493 e. The Hall–Kier alpha value is -2.67. The van der Waals surface area contributed by atoms with E-state index in [1.807, 2.05) is 24.3 Å². The molecule has 1 N–H and O–H groups in total. The zero-order chi connectivity index (χ0) is 19.5. The molecule has 0 saturated heterocycles. The summed E-state index contributed by atoms with van der Waals surface area (Å²) in [5.74, 6) is 0.122. The Morgan fingerprint density at radius 1 is 1.26 bits per heavy atom. The van der Waals surface area contributed by atoms with Crippen molar-refractivity contribution in [3.8, 4) is 5.75 Å². The van der Waals surface area contributed by atoms with Gasteiger partial charge in [-0.15, -0.1) is 11.3 Å². The molecule has 1 aromatic heterocycles. The van der Waals surface area contributed by atoms with Gasteiger partial charge < -0.3 is 9.47 Å². The normalized spacial score (nSPS) is 10.7. The molecule has 0 saturated carbocycles. The molecule has 144 valence electrons. The average Bonchev–Trinajstić information content (AvgIpc) is 3.08. The number of thiazole rings is 1. The lowest BCUT2D eigenvalue weighted by Gasteiger charge is -2.08. The Morgan fingerprint density at radius 2 is 2.07 bits per heavy atom. The van der Waals surface area contributed by atoms with Crippen LogP contribution >= 0.6 is 11.3 Å². The fraction of sp³-hybridized carbons (Fsp3) is 0.350. The third-order valence-corrected chi connectivity index (χ3v) is 4.31. The van der Waals surface area contributed by atoms with Crippen LogP contribution in [0.2, 0.25) is 0 Å². The smallest absolute Gasteiger partial charge is 0.311 e. The fourth-order valence-electron chi connectivity index (χ4n) is 2.19. The van der Waals surface area contributed by atoms with E-state index in [-0.39, 0.29) is 18.3 Å². The van der Waals surface area contributed by atoms with Gasteiger partial charge in [0.2, 0.25) is 5.91 Å². The summed E-state index contributed by atoms with van der Waals surface area (Å²) in [6, 6.07) is 7.58. The first-order valence-corrected chi connectivity index (χ1v) is 9.81. The Bertz CT molecular complexity index is 786. The number of carbonyl (C=O) groups is 2. The minimum absolute atomic E-state index is 0.0958. The fourth-order valence-corrected chi connectivity index (χ4v) is 2.91. The van der Waals surface area contributed by atoms with Crippen LogP contribution < -0.4 is 10.1 Å². The standard InChI is InChI=1S/C20H24N2O4S/c1-3-5-12-26-17-9-7-6-8-15(17)10-11-18(23)22-20-21-16(14-27-20)13-19(24)25-4-2/h6-11,14H,3-5,12-13H2,1-2H3,(H,21,22,23). The highest BCUT2D eigenvalue weighted by atomic mass is 32.1. The van der Waals surface area contributed by atoms with Crippen LogP contribution in [-0.2, 0) is 20.7 Å². The van der Waals surface area contributed by atoms with Gasteiger partial charge in [0.05, 0.1) is 25.3 Å². The molecule has 0 fully saturated rings. The number of aromatic nitrogens is 1. The van der Waals surface area contributed by atoms with Crippen molar-refractivity contribution in [3.05, 3.63) is 47.0 Å². The van der Waals surface area contributed by atoms with E-state index >= 15 is 0 Å². The van der Waals surface area contributed by atoms with Crippen molar-refractivity contribution < 1.29 is 19.1 Å². The van der Waals surface area contributed by atoms with Crippen molar-refractivity contribution >= 4 is 34.4 Å². The number of hydrogen-bond donors (Lipinski definition) is 1. The summed E-state index contributed by atoms with van der Waals surface area (Å²) in [7, 11) is 0. The van der Waals surface area contributed by atoms with Crippen molar-refractivity contribution in [1.82, 2.24) is 4.98 Å². The number of rotatable bonds is 10. The highest BCUT2D eigenvalue weighted by Crippen LogP contribution is 2.20. The van der Waals surface area contributed by atoms with Gasteiger partial charge in [-0.25, -0.2) is 4.98 Å². The maximum atomic E-state index is 12.1. The highest BCUT2D eigenvalue weighted by Gasteiger charge is 2.09. The Balaban J connectivity index is 1.92. The number of anilines is 1. The monoisotopic (exact) mass is 388 g/mol. The van der Waals surface area contributed by atoms with Crippen LogP contribution in [0.25, 0.3) is 6.08 Å². The van der Waals surface area contributed by atoms with E-state index in [1.165, 1.54) is 17.4 Å². The molecule has 1 amide bonds. The van der Waals surface area contributed by atoms with Gasteiger partial charge in [-0.1, -0.05) is 31.5 Å². The summed E-state index contributed by atoms with van der Waals surface area (Å²) in [5.41, 5.74) is 1.42. The minimum Gasteiger partial charge on any atom is -0.493 e. The summed E-state index contributed by atoms with van der Waals surface area (Å²) < 4.78 is 10.6. The van der Waals surface area contributed by atoms with Gasteiger partial charge in [0.1, 0.15) is 5.75 Å². The molecule has 27 heavy (non-hydrogen) atoms. The van der Waals surface area contributed by atoms with Crippen LogP contribution in [0, 0.1) is 0 Å². The van der Waals surface area contributed by atoms with E-state index in [9.17, 15) is 9.59 Å². The lowest BCUT2D eigenvalue weighted by atomic mass is 10.2. The molecule has 0 aliphatic heterocycles. The summed E-state index contributed by atoms with van der Waals surface area (Å²) in [6.07, 6.45) is 5.29. The molecule has 2 rings (SSSR count). The summed E-state index contributed by atoms with van der Waals surface area (Å²) in [6.45, 7) is 4.84. The molecule has 0 aliphatic rings. The number of carbonyl (C=O) groups excluding carboxylic acids is 2. The summed E-state index contributed by atoms with van der Waals surface area (Å²) >= 11 is 1.27. The van der Waals surface area contributed by atoms with Crippen molar-refractivity contribution in [2.75, 3.05) is 18.5 Å². The van der Waals surface area contributed by atoms with Gasteiger partial charge in [-0.3, -0.25) is 14.9 Å². The van der Waals surface area contributed by atoms with Crippen molar-refractivity contribution in [1.29, 1.82) is 0 Å². The molecule has 0 atom stereocenters. The molecule has 6 nitrogen and oxygen atoms in total. The van der Waals surface area contributed by atoms with E-state index in [2.05, 4.69) is 17.2 Å². The number of amides is 1. The molecule has 0 spiro atoms. The number of unbranched alkanes of at least 4 members (excludes halogenated alkanes) is 1. The molecule has 0 aliphatic carbocycles. The highest BCUT2D eigenvalue weighted by molar-refractivity contribution is 7.14. The third-order valence-electron chi connectivity index (χ3n) is 3.50. The Kier molecular flexibility index (Phi) is 8.51. The second-order valence-corrected chi connectivity index (χ2v) is 6.55. The first kappa shape index (κ1) is 20.6. The topological polar surface area (TPSA) is 77.5 Å². The number of benzene rings is 1. The number of esters is 1. The number of nitrogens with zero attached hydrogens (tertiary/aromatic N) is 1. The molecular formula is C20H24N2O4S. The van der Waals surface area contributed by atoms with Crippen molar-refractivity contribution in [2.45, 2.75) is 33.1 Å². The van der Waals surface area contributed by atoms with Gasteiger partial charge in [0, 0.05) is 17.0 Å². The summed E-state index contributed by atoms with van der Waals surface area (Å²) in [4.78, 5) is 27.8. The van der Waals surface area contributed by atoms with Gasteiger partial charge in [0.25, 0.3) is 0 Å². The number of nitrogens with one attached hydrogen (secondary N) is 1. The van der Waals surface area contributed by atoms with E-state index in [1.54, 1.807) is 18.4 Å². The quantitative estimate of drug-likeness (QED) is 0.377. The first-order chi connectivity index (χ1) is 13.1. The third kappa shape index (κ3) is 7.22. The van der Waals surface area contributed by atoms with Crippen molar-refractivity contribution in [2.24, 2.45) is 0 Å². The SMILES string of the molecule is CCCCOc1ccccc1C=CC(=O)Nc1nc(CC(=O)OCC)cs1. The number of hydrogen-bond acceptors (Lipinski definition) is 6. The maximum Gasteiger partial charge on any atom is 0.311 e. The lowest BCUT2D eigenvalue weighted by molar-refractivity contribution is -0.142. The Morgan fingerprint density at radius 3 is 2.85 bits per heavy atom. The minimum atomic E-state index is -0.333. The van der Waals surface area contributed by atoms with E-state index in [0.717, 1.165) is 24.2 Å². The predicted molar refractivity (Wildman–Crippen MR) is 107 cm³/mol. The van der Waals surface area contributed by atoms with Gasteiger partial charge in [0.15, 0.2) is 5.13 Å². The number of para-hydroxylation sites is 1. The molecular weight excluding hydrogens is 364 g/mol. The molecule has 7 heteroatoms. The Labute approximate surface area is 163 Å². The van der Waals surface area contributed by atoms with E-state index in [0.29, 0.717) is 24.0 Å². The van der Waals surface area contributed by atoms with Gasteiger partial charge in [-0.05, 0) is 25.5 Å². The maximum absolute atomic E-state index is 12.1. The molecule has 1 heterocycles. The molecule has 0 radical (unpaired) electrons. The second-order valence-electron chi connectivity index (χ2n) is 5.69. The van der Waals surface area contributed by atoms with E-state index in [4.69, 9.17) is 9.47 Å². The van der Waals surface area contributed by atoms with Crippen LogP contribution in [-0.4, -0.2) is 30.1 Å². The molecule has 2 aromatic rings. The van der Waals surface area contributed by atoms with Crippen LogP contribution in [0.3, 0.4) is 0 Å². The van der Waals surface area contributed by atoms with Crippen LogP contribution in [0.1, 0.15) is 37.9 Å². The molecule has 0 unspecified atom stereocenters. The molecule has 1 aromatic carbocycles.